The molecular weight excluding hydrogens is 260 g/mol. The monoisotopic (exact) mass is 284 g/mol. The van der Waals surface area contributed by atoms with Crippen molar-refractivity contribution in [3.63, 3.8) is 0 Å². The summed E-state index contributed by atoms with van der Waals surface area (Å²) >= 11 is 0. The first-order chi connectivity index (χ1) is 10.1. The summed E-state index contributed by atoms with van der Waals surface area (Å²) in [5.41, 5.74) is 1.12. The van der Waals surface area contributed by atoms with E-state index in [1.807, 2.05) is 22.9 Å². The van der Waals surface area contributed by atoms with Gasteiger partial charge in [-0.3, -0.25) is 4.79 Å². The Morgan fingerprint density at radius 3 is 2.90 bits per heavy atom. The third kappa shape index (κ3) is 2.97. The number of fused-ring (bicyclic) bond motifs is 1. The van der Waals surface area contributed by atoms with Gasteiger partial charge in [-0.15, -0.1) is 0 Å². The molecule has 21 heavy (non-hydrogen) atoms. The molecule has 1 N–H and O–H groups in total. The molecule has 3 heteroatoms. The van der Waals surface area contributed by atoms with Crippen LogP contribution in [-0.4, -0.2) is 16.5 Å². The third-order valence-electron chi connectivity index (χ3n) is 5.05. The van der Waals surface area contributed by atoms with E-state index in [9.17, 15) is 4.79 Å². The number of nitrogens with zero attached hydrogens (tertiary/aromatic N) is 1. The Morgan fingerprint density at radius 2 is 2.05 bits per heavy atom. The summed E-state index contributed by atoms with van der Waals surface area (Å²) in [6.45, 7) is 4.97. The van der Waals surface area contributed by atoms with E-state index in [2.05, 4.69) is 37.4 Å². The first kappa shape index (κ1) is 14.2. The molecule has 1 aromatic heterocycles. The molecule has 1 amide bonds. The minimum atomic E-state index is 0.127. The standard InChI is InChI=1S/C18H24N2O/c1-13-6-5-8-16(14(13)2)19-18(21)12-20-11-10-15-7-3-4-9-17(15)20/h3-4,7,9-11,13-14,16H,5-6,8,12H2,1-2H3,(H,19,21)/t13-,14+,16+/m0/s1. The van der Waals surface area contributed by atoms with E-state index in [4.69, 9.17) is 0 Å². The highest BCUT2D eigenvalue weighted by Gasteiger charge is 2.28. The van der Waals surface area contributed by atoms with Crippen LogP contribution in [0.2, 0.25) is 0 Å². The zero-order valence-corrected chi connectivity index (χ0v) is 12.9. The zero-order chi connectivity index (χ0) is 14.8. The van der Waals surface area contributed by atoms with Crippen molar-refractivity contribution >= 4 is 16.8 Å². The Labute approximate surface area is 126 Å². The van der Waals surface area contributed by atoms with Crippen molar-refractivity contribution in [3.05, 3.63) is 36.5 Å². The highest BCUT2D eigenvalue weighted by molar-refractivity contribution is 5.83. The van der Waals surface area contributed by atoms with E-state index in [0.717, 1.165) is 11.9 Å². The Balaban J connectivity index is 1.66. The normalized spacial score (nSPS) is 25.9. The molecule has 0 spiro atoms. The molecule has 1 aliphatic carbocycles. The van der Waals surface area contributed by atoms with Gasteiger partial charge >= 0.3 is 0 Å². The van der Waals surface area contributed by atoms with Crippen LogP contribution in [0.15, 0.2) is 36.5 Å². The molecule has 2 aromatic rings. The first-order valence-electron chi connectivity index (χ1n) is 7.98. The number of carbonyl (C=O) groups is 1. The second kappa shape index (κ2) is 5.92. The molecule has 112 valence electrons. The van der Waals surface area contributed by atoms with Gasteiger partial charge in [-0.25, -0.2) is 0 Å². The lowest BCUT2D eigenvalue weighted by atomic mass is 9.78. The van der Waals surface area contributed by atoms with Gasteiger partial charge in [0.1, 0.15) is 6.54 Å². The molecule has 0 bridgehead atoms. The molecule has 1 fully saturated rings. The Bertz CT molecular complexity index is 631. The fourth-order valence-electron chi connectivity index (χ4n) is 3.47. The van der Waals surface area contributed by atoms with Gasteiger partial charge in [-0.2, -0.15) is 0 Å². The van der Waals surface area contributed by atoms with Crippen molar-refractivity contribution in [3.8, 4) is 0 Å². The van der Waals surface area contributed by atoms with Gasteiger partial charge in [-0.1, -0.05) is 44.9 Å². The van der Waals surface area contributed by atoms with Crippen molar-refractivity contribution in [1.29, 1.82) is 0 Å². The predicted octanol–water partition coefficient (Wildman–Crippen LogP) is 3.58. The Hall–Kier alpha value is -1.77. The number of carbonyl (C=O) groups excluding carboxylic acids is 1. The average Bonchev–Trinajstić information content (AvgIpc) is 2.87. The Morgan fingerprint density at radius 1 is 1.24 bits per heavy atom. The third-order valence-corrected chi connectivity index (χ3v) is 5.05. The molecule has 1 aromatic carbocycles. The van der Waals surface area contributed by atoms with E-state index in [1.54, 1.807) is 0 Å². The molecule has 1 saturated carbocycles. The number of amides is 1. The van der Waals surface area contributed by atoms with E-state index in [0.29, 0.717) is 24.4 Å². The van der Waals surface area contributed by atoms with Gasteiger partial charge in [-0.05, 0) is 35.8 Å². The van der Waals surface area contributed by atoms with Gasteiger partial charge in [0.25, 0.3) is 0 Å². The van der Waals surface area contributed by atoms with Crippen LogP contribution in [0.5, 0.6) is 0 Å². The topological polar surface area (TPSA) is 34.0 Å². The fraction of sp³-hybridized carbons (Fsp3) is 0.500. The number of nitrogens with one attached hydrogen (secondary N) is 1. The zero-order valence-electron chi connectivity index (χ0n) is 12.9. The number of aromatic nitrogens is 1. The van der Waals surface area contributed by atoms with E-state index in [1.165, 1.54) is 18.2 Å². The summed E-state index contributed by atoms with van der Waals surface area (Å²) in [4.78, 5) is 12.3. The molecule has 3 atom stereocenters. The van der Waals surface area contributed by atoms with Gasteiger partial charge < -0.3 is 9.88 Å². The maximum atomic E-state index is 12.3. The lowest BCUT2D eigenvalue weighted by Gasteiger charge is -2.34. The maximum absolute atomic E-state index is 12.3. The van der Waals surface area contributed by atoms with Gasteiger partial charge in [0.05, 0.1) is 0 Å². The maximum Gasteiger partial charge on any atom is 0.240 e. The summed E-state index contributed by atoms with van der Waals surface area (Å²) in [7, 11) is 0. The van der Waals surface area contributed by atoms with Crippen LogP contribution in [-0.2, 0) is 11.3 Å². The highest BCUT2D eigenvalue weighted by atomic mass is 16.2. The Kier molecular flexibility index (Phi) is 4.00. The number of para-hydroxylation sites is 1. The molecule has 0 aliphatic heterocycles. The van der Waals surface area contributed by atoms with Crippen molar-refractivity contribution in [2.75, 3.05) is 0 Å². The minimum Gasteiger partial charge on any atom is -0.352 e. The summed E-state index contributed by atoms with van der Waals surface area (Å²) in [5.74, 6) is 1.41. The second-order valence-corrected chi connectivity index (χ2v) is 6.44. The highest BCUT2D eigenvalue weighted by Crippen LogP contribution is 2.29. The average molecular weight is 284 g/mol. The number of rotatable bonds is 3. The van der Waals surface area contributed by atoms with Crippen LogP contribution in [0.4, 0.5) is 0 Å². The number of benzene rings is 1. The van der Waals surface area contributed by atoms with E-state index < -0.39 is 0 Å². The quantitative estimate of drug-likeness (QED) is 0.918. The minimum absolute atomic E-state index is 0.127. The lowest BCUT2D eigenvalue weighted by molar-refractivity contribution is -0.123. The molecule has 0 saturated heterocycles. The molecule has 1 heterocycles. The fourth-order valence-corrected chi connectivity index (χ4v) is 3.47. The summed E-state index contributed by atoms with van der Waals surface area (Å²) < 4.78 is 2.03. The van der Waals surface area contributed by atoms with Crippen LogP contribution in [0.1, 0.15) is 33.1 Å². The summed E-state index contributed by atoms with van der Waals surface area (Å²) in [5, 5.41) is 4.43. The predicted molar refractivity (Wildman–Crippen MR) is 86.0 cm³/mol. The number of hydrogen-bond acceptors (Lipinski definition) is 1. The molecule has 3 rings (SSSR count). The molecule has 0 radical (unpaired) electrons. The SMILES string of the molecule is C[C@@H]1[C@@H](C)CCC[C@H]1NC(=O)Cn1ccc2ccccc21. The van der Waals surface area contributed by atoms with Crippen molar-refractivity contribution in [1.82, 2.24) is 9.88 Å². The van der Waals surface area contributed by atoms with Gasteiger partial charge in [0.2, 0.25) is 5.91 Å². The van der Waals surface area contributed by atoms with Gasteiger partial charge in [0.15, 0.2) is 0 Å². The van der Waals surface area contributed by atoms with Crippen LogP contribution >= 0.6 is 0 Å². The molecule has 3 nitrogen and oxygen atoms in total. The van der Waals surface area contributed by atoms with Crippen molar-refractivity contribution < 1.29 is 4.79 Å². The van der Waals surface area contributed by atoms with Crippen LogP contribution in [0.25, 0.3) is 10.9 Å². The van der Waals surface area contributed by atoms with E-state index >= 15 is 0 Å². The van der Waals surface area contributed by atoms with Crippen molar-refractivity contribution in [2.24, 2.45) is 11.8 Å². The van der Waals surface area contributed by atoms with Crippen molar-refractivity contribution in [2.45, 2.75) is 45.7 Å². The van der Waals surface area contributed by atoms with E-state index in [-0.39, 0.29) is 5.91 Å². The molecule has 0 unspecified atom stereocenters. The molecular formula is C18H24N2O. The second-order valence-electron chi connectivity index (χ2n) is 6.44. The van der Waals surface area contributed by atoms with Crippen LogP contribution < -0.4 is 5.32 Å². The van der Waals surface area contributed by atoms with Crippen LogP contribution in [0, 0.1) is 11.8 Å². The summed E-state index contributed by atoms with van der Waals surface area (Å²) in [6.07, 6.45) is 5.62. The smallest absolute Gasteiger partial charge is 0.240 e. The lowest BCUT2D eigenvalue weighted by Crippen LogP contribution is -2.44. The summed E-state index contributed by atoms with van der Waals surface area (Å²) in [6, 6.07) is 10.6. The number of hydrogen-bond donors (Lipinski definition) is 1. The molecule has 1 aliphatic rings. The van der Waals surface area contributed by atoms with Gasteiger partial charge in [0, 0.05) is 17.8 Å². The van der Waals surface area contributed by atoms with Crippen LogP contribution in [0.3, 0.4) is 0 Å². The first-order valence-corrected chi connectivity index (χ1v) is 7.98. The largest absolute Gasteiger partial charge is 0.352 e.